The maximum atomic E-state index is 10.8. The summed E-state index contributed by atoms with van der Waals surface area (Å²) in [7, 11) is 0. The second-order valence-electron chi connectivity index (χ2n) is 3.44. The molecule has 0 aliphatic rings. The standard InChI is InChI=1S/C9H18O3/c1-3-4-5-9(2,6-7-10)8(11)12/h10H,3-7H2,1-2H3,(H,11,12). The molecule has 0 heterocycles. The number of unbranched alkanes of at least 4 members (excludes halogenated alkanes) is 1. The fourth-order valence-corrected chi connectivity index (χ4v) is 1.15. The summed E-state index contributed by atoms with van der Waals surface area (Å²) in [5.74, 6) is -0.801. The van der Waals surface area contributed by atoms with Crippen molar-refractivity contribution in [3.63, 3.8) is 0 Å². The molecule has 1 unspecified atom stereocenters. The third-order valence-electron chi connectivity index (χ3n) is 2.26. The molecule has 72 valence electrons. The molecule has 1 atom stereocenters. The second-order valence-corrected chi connectivity index (χ2v) is 3.44. The summed E-state index contributed by atoms with van der Waals surface area (Å²) in [4.78, 5) is 10.8. The first-order chi connectivity index (χ1) is 5.56. The lowest BCUT2D eigenvalue weighted by Gasteiger charge is -2.23. The first-order valence-corrected chi connectivity index (χ1v) is 4.41. The van der Waals surface area contributed by atoms with Crippen LogP contribution in [0.1, 0.15) is 39.5 Å². The molecule has 0 saturated carbocycles. The Hall–Kier alpha value is -0.570. The van der Waals surface area contributed by atoms with Crippen LogP contribution in [0.3, 0.4) is 0 Å². The number of carbonyl (C=O) groups is 1. The minimum absolute atomic E-state index is 0.0491. The lowest BCUT2D eigenvalue weighted by atomic mass is 9.82. The van der Waals surface area contributed by atoms with Crippen molar-refractivity contribution in [2.45, 2.75) is 39.5 Å². The number of hydrogen-bond donors (Lipinski definition) is 2. The fourth-order valence-electron chi connectivity index (χ4n) is 1.15. The second kappa shape index (κ2) is 5.14. The summed E-state index contributed by atoms with van der Waals surface area (Å²) >= 11 is 0. The Morgan fingerprint density at radius 3 is 2.33 bits per heavy atom. The van der Waals surface area contributed by atoms with Gasteiger partial charge in [-0.15, -0.1) is 0 Å². The molecule has 12 heavy (non-hydrogen) atoms. The molecule has 0 bridgehead atoms. The molecule has 0 spiro atoms. The SMILES string of the molecule is CCCCC(C)(CCO)C(=O)O. The van der Waals surface area contributed by atoms with Crippen molar-refractivity contribution in [3.8, 4) is 0 Å². The number of carboxylic acid groups (broad SMARTS) is 1. The van der Waals surface area contributed by atoms with Gasteiger partial charge in [0.25, 0.3) is 0 Å². The lowest BCUT2D eigenvalue weighted by molar-refractivity contribution is -0.149. The molecule has 0 rings (SSSR count). The largest absolute Gasteiger partial charge is 0.481 e. The van der Waals surface area contributed by atoms with Crippen LogP contribution < -0.4 is 0 Å². The lowest BCUT2D eigenvalue weighted by Crippen LogP contribution is -2.28. The first-order valence-electron chi connectivity index (χ1n) is 4.41. The highest BCUT2D eigenvalue weighted by Gasteiger charge is 2.31. The van der Waals surface area contributed by atoms with E-state index in [0.29, 0.717) is 12.8 Å². The predicted molar refractivity (Wildman–Crippen MR) is 47.0 cm³/mol. The van der Waals surface area contributed by atoms with E-state index in [-0.39, 0.29) is 6.61 Å². The molecule has 2 N–H and O–H groups in total. The quantitative estimate of drug-likeness (QED) is 0.643. The van der Waals surface area contributed by atoms with E-state index in [1.807, 2.05) is 6.92 Å². The van der Waals surface area contributed by atoms with Crippen LogP contribution in [0.4, 0.5) is 0 Å². The number of carboxylic acids is 1. The third-order valence-corrected chi connectivity index (χ3v) is 2.26. The minimum Gasteiger partial charge on any atom is -0.481 e. The van der Waals surface area contributed by atoms with Gasteiger partial charge >= 0.3 is 5.97 Å². The first kappa shape index (κ1) is 11.4. The Balaban J connectivity index is 4.08. The summed E-state index contributed by atoms with van der Waals surface area (Å²) in [5.41, 5.74) is -0.731. The summed E-state index contributed by atoms with van der Waals surface area (Å²) < 4.78 is 0. The Bertz CT molecular complexity index is 145. The van der Waals surface area contributed by atoms with Crippen LogP contribution in [-0.4, -0.2) is 22.8 Å². The van der Waals surface area contributed by atoms with Gasteiger partial charge < -0.3 is 10.2 Å². The van der Waals surface area contributed by atoms with E-state index in [1.54, 1.807) is 6.92 Å². The maximum absolute atomic E-state index is 10.8. The summed E-state index contributed by atoms with van der Waals surface area (Å²) in [5, 5.41) is 17.6. The van der Waals surface area contributed by atoms with E-state index < -0.39 is 11.4 Å². The highest BCUT2D eigenvalue weighted by molar-refractivity contribution is 5.74. The summed E-state index contributed by atoms with van der Waals surface area (Å²) in [6, 6.07) is 0. The van der Waals surface area contributed by atoms with Gasteiger partial charge in [-0.25, -0.2) is 0 Å². The van der Waals surface area contributed by atoms with Gasteiger partial charge in [-0.3, -0.25) is 4.79 Å². The highest BCUT2D eigenvalue weighted by atomic mass is 16.4. The molecule has 0 amide bonds. The van der Waals surface area contributed by atoms with E-state index in [4.69, 9.17) is 10.2 Å². The molecule has 0 radical (unpaired) electrons. The topological polar surface area (TPSA) is 57.5 Å². The zero-order chi connectivity index (χ0) is 9.61. The zero-order valence-corrected chi connectivity index (χ0v) is 7.84. The van der Waals surface area contributed by atoms with Gasteiger partial charge in [0.15, 0.2) is 0 Å². The van der Waals surface area contributed by atoms with Crippen molar-refractivity contribution >= 4 is 5.97 Å². The molecule has 3 nitrogen and oxygen atoms in total. The maximum Gasteiger partial charge on any atom is 0.309 e. The van der Waals surface area contributed by atoms with Crippen molar-refractivity contribution in [3.05, 3.63) is 0 Å². The van der Waals surface area contributed by atoms with Gasteiger partial charge in [0.05, 0.1) is 5.41 Å². The number of aliphatic hydroxyl groups excluding tert-OH is 1. The van der Waals surface area contributed by atoms with Crippen LogP contribution in [0, 0.1) is 5.41 Å². The van der Waals surface area contributed by atoms with Crippen LogP contribution in [0.15, 0.2) is 0 Å². The minimum atomic E-state index is -0.801. The number of aliphatic carboxylic acids is 1. The van der Waals surface area contributed by atoms with Crippen molar-refractivity contribution in [2.75, 3.05) is 6.61 Å². The Labute approximate surface area is 73.4 Å². The van der Waals surface area contributed by atoms with Crippen molar-refractivity contribution in [1.82, 2.24) is 0 Å². The molecule has 0 aromatic rings. The normalized spacial score (nSPS) is 15.6. The zero-order valence-electron chi connectivity index (χ0n) is 7.84. The van der Waals surface area contributed by atoms with Gasteiger partial charge in [0.2, 0.25) is 0 Å². The number of aliphatic hydroxyl groups is 1. The predicted octanol–water partition coefficient (Wildman–Crippen LogP) is 1.65. The van der Waals surface area contributed by atoms with Crippen LogP contribution >= 0.6 is 0 Å². The molecule has 0 aromatic carbocycles. The summed E-state index contributed by atoms with van der Waals surface area (Å²) in [6.07, 6.45) is 2.90. The average molecular weight is 174 g/mol. The number of rotatable bonds is 6. The van der Waals surface area contributed by atoms with Crippen molar-refractivity contribution in [1.29, 1.82) is 0 Å². The van der Waals surface area contributed by atoms with E-state index in [2.05, 4.69) is 0 Å². The monoisotopic (exact) mass is 174 g/mol. The van der Waals surface area contributed by atoms with Crippen LogP contribution in [-0.2, 0) is 4.79 Å². The van der Waals surface area contributed by atoms with Crippen molar-refractivity contribution in [2.24, 2.45) is 5.41 Å². The van der Waals surface area contributed by atoms with E-state index in [9.17, 15) is 4.79 Å². The Kier molecular flexibility index (Phi) is 4.90. The average Bonchev–Trinajstić information content (AvgIpc) is 2.01. The van der Waals surface area contributed by atoms with Crippen LogP contribution in [0.25, 0.3) is 0 Å². The number of hydrogen-bond acceptors (Lipinski definition) is 2. The molecule has 3 heteroatoms. The molecule has 0 aliphatic carbocycles. The van der Waals surface area contributed by atoms with Gasteiger partial charge in [0.1, 0.15) is 0 Å². The highest BCUT2D eigenvalue weighted by Crippen LogP contribution is 2.28. The van der Waals surface area contributed by atoms with Gasteiger partial charge in [-0.05, 0) is 19.8 Å². The third kappa shape index (κ3) is 3.22. The van der Waals surface area contributed by atoms with Crippen LogP contribution in [0.5, 0.6) is 0 Å². The van der Waals surface area contributed by atoms with E-state index in [1.165, 1.54) is 0 Å². The summed E-state index contributed by atoms with van der Waals surface area (Å²) in [6.45, 7) is 3.68. The van der Waals surface area contributed by atoms with E-state index >= 15 is 0 Å². The van der Waals surface area contributed by atoms with Gasteiger partial charge in [0, 0.05) is 6.61 Å². The molecule has 0 aromatic heterocycles. The Morgan fingerprint density at radius 1 is 1.42 bits per heavy atom. The molecule has 0 fully saturated rings. The van der Waals surface area contributed by atoms with Gasteiger partial charge in [-0.2, -0.15) is 0 Å². The fraction of sp³-hybridized carbons (Fsp3) is 0.889. The molecule has 0 saturated heterocycles. The molecular formula is C9H18O3. The Morgan fingerprint density at radius 2 is 2.00 bits per heavy atom. The van der Waals surface area contributed by atoms with Gasteiger partial charge in [-0.1, -0.05) is 19.8 Å². The van der Waals surface area contributed by atoms with E-state index in [0.717, 1.165) is 12.8 Å². The smallest absolute Gasteiger partial charge is 0.309 e. The molecular weight excluding hydrogens is 156 g/mol. The molecule has 0 aliphatic heterocycles. The van der Waals surface area contributed by atoms with Crippen LogP contribution in [0.2, 0.25) is 0 Å². The van der Waals surface area contributed by atoms with Crippen molar-refractivity contribution < 1.29 is 15.0 Å².